The van der Waals surface area contributed by atoms with E-state index in [1.807, 2.05) is 0 Å². The summed E-state index contributed by atoms with van der Waals surface area (Å²) in [5.74, 6) is -6.97. The summed E-state index contributed by atoms with van der Waals surface area (Å²) in [4.78, 5) is 0. The van der Waals surface area contributed by atoms with Crippen LogP contribution >= 0.6 is 15.9 Å². The molecule has 0 saturated heterocycles. The number of alkyl halides is 10. The van der Waals surface area contributed by atoms with Gasteiger partial charge in [0.15, 0.2) is 6.61 Å². The first-order valence-electron chi connectivity index (χ1n) is 6.18. The molecule has 3 nitrogen and oxygen atoms in total. The summed E-state index contributed by atoms with van der Waals surface area (Å²) in [6, 6.07) is -2.61. The van der Waals surface area contributed by atoms with Crippen LogP contribution in [0.3, 0.4) is 0 Å². The summed E-state index contributed by atoms with van der Waals surface area (Å²) >= 11 is 2.90. The number of rotatable bonds is 6. The van der Waals surface area contributed by atoms with Crippen molar-refractivity contribution in [2.24, 2.45) is 5.10 Å². The Kier molecular flexibility index (Phi) is 6.42. The van der Waals surface area contributed by atoms with Crippen molar-refractivity contribution in [2.75, 3.05) is 6.61 Å². The lowest BCUT2D eigenvalue weighted by atomic mass is 10.2. The first kappa shape index (κ1) is 22.3. The van der Waals surface area contributed by atoms with Crippen LogP contribution in [0.25, 0.3) is 0 Å². The van der Waals surface area contributed by atoms with Gasteiger partial charge in [0, 0.05) is 10.0 Å². The zero-order valence-corrected chi connectivity index (χ0v) is 13.6. The first-order chi connectivity index (χ1) is 11.6. The van der Waals surface area contributed by atoms with Gasteiger partial charge in [0.05, 0.1) is 6.21 Å². The lowest BCUT2D eigenvalue weighted by Crippen LogP contribution is -2.58. The van der Waals surface area contributed by atoms with Crippen molar-refractivity contribution in [1.29, 1.82) is 0 Å². The smallest absolute Gasteiger partial charge is 0.462 e. The predicted molar refractivity (Wildman–Crippen MR) is 72.4 cm³/mol. The summed E-state index contributed by atoms with van der Waals surface area (Å²) < 4.78 is 128. The first-order valence-corrected chi connectivity index (χ1v) is 6.98. The van der Waals surface area contributed by atoms with Gasteiger partial charge in [-0.1, -0.05) is 15.9 Å². The average molecular weight is 465 g/mol. The molecular weight excluding hydrogens is 458 g/mol. The van der Waals surface area contributed by atoms with Crippen molar-refractivity contribution in [1.82, 2.24) is 5.43 Å². The average Bonchev–Trinajstić information content (AvgIpc) is 2.43. The van der Waals surface area contributed by atoms with Gasteiger partial charge >= 0.3 is 24.3 Å². The van der Waals surface area contributed by atoms with Crippen LogP contribution < -0.4 is 10.2 Å². The van der Waals surface area contributed by atoms with Gasteiger partial charge in [0.1, 0.15) is 5.75 Å². The fourth-order valence-electron chi connectivity index (χ4n) is 1.34. The molecule has 0 heterocycles. The minimum atomic E-state index is -6.56. The molecule has 0 fully saturated rings. The highest BCUT2D eigenvalue weighted by atomic mass is 79.9. The summed E-state index contributed by atoms with van der Waals surface area (Å²) in [5, 5.41) is 2.55. The number of hydrazone groups is 1. The van der Waals surface area contributed by atoms with Crippen molar-refractivity contribution in [2.45, 2.75) is 24.3 Å². The highest BCUT2D eigenvalue weighted by Crippen LogP contribution is 2.45. The standard InChI is InChI=1S/C12H7BrF10N2O/c13-7-1-2-8(26-5-9(14,15)16)6(3-7)4-24-25-12(22,23)10(17,18)11(19,20)21/h1-4,25H,5H2/b24-4-. The van der Waals surface area contributed by atoms with E-state index in [4.69, 9.17) is 0 Å². The summed E-state index contributed by atoms with van der Waals surface area (Å²) in [6.07, 6.45) is -11.0. The third-order valence-corrected chi connectivity index (χ3v) is 3.02. The molecule has 0 spiro atoms. The lowest BCUT2D eigenvalue weighted by molar-refractivity contribution is -0.361. The Labute approximate surface area is 147 Å². The maximum atomic E-state index is 13.0. The minimum Gasteiger partial charge on any atom is -0.483 e. The topological polar surface area (TPSA) is 33.6 Å². The number of ether oxygens (including phenoxy) is 1. The molecule has 0 radical (unpaired) electrons. The molecule has 0 aromatic heterocycles. The van der Waals surface area contributed by atoms with E-state index >= 15 is 0 Å². The van der Waals surface area contributed by atoms with Crippen LogP contribution in [0.1, 0.15) is 5.56 Å². The second-order valence-electron chi connectivity index (χ2n) is 4.60. The van der Waals surface area contributed by atoms with Gasteiger partial charge < -0.3 is 4.74 Å². The van der Waals surface area contributed by atoms with Gasteiger partial charge in [-0.15, -0.1) is 0 Å². The molecule has 26 heavy (non-hydrogen) atoms. The second-order valence-corrected chi connectivity index (χ2v) is 5.52. The number of hydrogen-bond acceptors (Lipinski definition) is 3. The molecule has 1 aromatic rings. The molecule has 1 aromatic carbocycles. The maximum Gasteiger partial charge on any atom is 0.462 e. The minimum absolute atomic E-state index is 0.214. The molecule has 0 amide bonds. The van der Waals surface area contributed by atoms with E-state index in [0.29, 0.717) is 11.6 Å². The number of halogens is 11. The van der Waals surface area contributed by atoms with Crippen molar-refractivity contribution in [3.8, 4) is 5.75 Å². The number of nitrogens with one attached hydrogen (secondary N) is 1. The SMILES string of the molecule is FC(F)(F)COc1ccc(Br)cc1/C=N\NC(F)(F)C(F)(F)C(F)(F)F. The summed E-state index contributed by atoms with van der Waals surface area (Å²) in [6.45, 7) is -1.76. The van der Waals surface area contributed by atoms with Gasteiger partial charge in [0.25, 0.3) is 0 Å². The third kappa shape index (κ3) is 5.64. The van der Waals surface area contributed by atoms with Crippen LogP contribution in [0.4, 0.5) is 43.9 Å². The van der Waals surface area contributed by atoms with E-state index in [1.54, 1.807) is 0 Å². The van der Waals surface area contributed by atoms with E-state index in [9.17, 15) is 43.9 Å². The van der Waals surface area contributed by atoms with Crippen LogP contribution in [0, 0.1) is 0 Å². The zero-order valence-electron chi connectivity index (χ0n) is 12.0. The summed E-state index contributed by atoms with van der Waals surface area (Å²) in [5.41, 5.74) is -0.0543. The summed E-state index contributed by atoms with van der Waals surface area (Å²) in [7, 11) is 0. The van der Waals surface area contributed by atoms with Crippen LogP contribution in [0.2, 0.25) is 0 Å². The molecule has 14 heteroatoms. The van der Waals surface area contributed by atoms with Crippen LogP contribution in [0.15, 0.2) is 27.8 Å². The van der Waals surface area contributed by atoms with E-state index in [0.717, 1.165) is 12.1 Å². The normalized spacial score (nSPS) is 14.0. The molecule has 0 saturated carbocycles. The molecule has 0 aliphatic rings. The van der Waals surface area contributed by atoms with Crippen LogP contribution in [-0.4, -0.2) is 37.1 Å². The monoisotopic (exact) mass is 464 g/mol. The Balaban J connectivity index is 2.99. The Morgan fingerprint density at radius 2 is 1.58 bits per heavy atom. The molecule has 0 aliphatic carbocycles. The second kappa shape index (κ2) is 7.48. The van der Waals surface area contributed by atoms with E-state index in [-0.39, 0.29) is 4.47 Å². The Morgan fingerprint density at radius 3 is 2.08 bits per heavy atom. The molecule has 0 atom stereocenters. The molecular formula is C12H7BrF10N2O. The molecule has 1 N–H and O–H groups in total. The van der Waals surface area contributed by atoms with Gasteiger partial charge in [-0.2, -0.15) is 49.0 Å². The Bertz CT molecular complexity index is 656. The molecule has 148 valence electrons. The van der Waals surface area contributed by atoms with E-state index in [2.05, 4.69) is 25.8 Å². The van der Waals surface area contributed by atoms with Gasteiger partial charge in [-0.3, -0.25) is 0 Å². The van der Waals surface area contributed by atoms with Gasteiger partial charge in [-0.25, -0.2) is 5.43 Å². The van der Waals surface area contributed by atoms with E-state index < -0.39 is 42.2 Å². The molecule has 0 bridgehead atoms. The Morgan fingerprint density at radius 1 is 1.00 bits per heavy atom. The number of nitrogens with zero attached hydrogens (tertiary/aromatic N) is 1. The molecule has 0 aliphatic heterocycles. The Hall–Kier alpha value is -1.73. The van der Waals surface area contributed by atoms with E-state index in [1.165, 1.54) is 6.07 Å². The largest absolute Gasteiger partial charge is 0.483 e. The molecule has 0 unspecified atom stereocenters. The zero-order chi connectivity index (χ0) is 20.4. The van der Waals surface area contributed by atoms with Gasteiger partial charge in [0.2, 0.25) is 0 Å². The third-order valence-electron chi connectivity index (χ3n) is 2.52. The number of hydrogen-bond donors (Lipinski definition) is 1. The highest BCUT2D eigenvalue weighted by Gasteiger charge is 2.73. The lowest BCUT2D eigenvalue weighted by Gasteiger charge is -2.27. The van der Waals surface area contributed by atoms with Crippen molar-refractivity contribution in [3.63, 3.8) is 0 Å². The van der Waals surface area contributed by atoms with Crippen molar-refractivity contribution >= 4 is 22.1 Å². The van der Waals surface area contributed by atoms with Crippen LogP contribution in [0.5, 0.6) is 5.75 Å². The highest BCUT2D eigenvalue weighted by molar-refractivity contribution is 9.10. The van der Waals surface area contributed by atoms with Crippen molar-refractivity contribution in [3.05, 3.63) is 28.2 Å². The maximum absolute atomic E-state index is 13.0. The van der Waals surface area contributed by atoms with Gasteiger partial charge in [-0.05, 0) is 18.2 Å². The fraction of sp³-hybridized carbons (Fsp3) is 0.417. The molecule has 1 rings (SSSR count). The van der Waals surface area contributed by atoms with Crippen molar-refractivity contribution < 1.29 is 48.6 Å². The number of benzene rings is 1. The van der Waals surface area contributed by atoms with Crippen LogP contribution in [-0.2, 0) is 0 Å². The fourth-order valence-corrected chi connectivity index (χ4v) is 1.72. The predicted octanol–water partition coefficient (Wildman–Crippen LogP) is 5.10. The quantitative estimate of drug-likeness (QED) is 0.275.